The summed E-state index contributed by atoms with van der Waals surface area (Å²) in [5.74, 6) is -0.609. The van der Waals surface area contributed by atoms with Gasteiger partial charge in [0.25, 0.3) is 5.91 Å². The molecule has 4 N–H and O–H groups in total. The SMILES string of the molecule is CCC(=O)N[C@H](Cc1ccc(NC(=O)[C@H](c2cc(C(N)=O)n(C)n2)C2CCCCC2)cc1)C(=O)N1CCN(Cc2ccc(OC)cc2)CC1. The molecule has 1 saturated heterocycles. The predicted molar refractivity (Wildman–Crippen MR) is 187 cm³/mol. The summed E-state index contributed by atoms with van der Waals surface area (Å²) < 4.78 is 6.69. The topological polar surface area (TPSA) is 152 Å². The van der Waals surface area contributed by atoms with E-state index < -0.39 is 17.9 Å². The second-order valence-electron chi connectivity index (χ2n) is 13.1. The third kappa shape index (κ3) is 9.26. The van der Waals surface area contributed by atoms with Crippen molar-refractivity contribution in [3.8, 4) is 5.75 Å². The first-order chi connectivity index (χ1) is 23.6. The molecule has 262 valence electrons. The Balaban J connectivity index is 1.22. The minimum atomic E-state index is -0.694. The zero-order chi connectivity index (χ0) is 34.9. The number of aromatic nitrogens is 2. The highest BCUT2D eigenvalue weighted by Gasteiger charge is 2.34. The van der Waals surface area contributed by atoms with Crippen LogP contribution in [0.3, 0.4) is 0 Å². The van der Waals surface area contributed by atoms with Crippen LogP contribution in [0.1, 0.15) is 78.7 Å². The van der Waals surface area contributed by atoms with Gasteiger partial charge in [-0.05, 0) is 60.2 Å². The van der Waals surface area contributed by atoms with Gasteiger partial charge in [0.2, 0.25) is 17.7 Å². The van der Waals surface area contributed by atoms with Gasteiger partial charge in [-0.15, -0.1) is 0 Å². The van der Waals surface area contributed by atoms with Gasteiger partial charge in [-0.25, -0.2) is 0 Å². The zero-order valence-corrected chi connectivity index (χ0v) is 28.8. The van der Waals surface area contributed by atoms with Crippen molar-refractivity contribution in [2.45, 2.75) is 70.4 Å². The van der Waals surface area contributed by atoms with Gasteiger partial charge in [0.05, 0.1) is 18.7 Å². The molecule has 2 aliphatic rings. The van der Waals surface area contributed by atoms with Crippen LogP contribution < -0.4 is 21.1 Å². The van der Waals surface area contributed by atoms with Crippen molar-refractivity contribution in [3.63, 3.8) is 0 Å². The largest absolute Gasteiger partial charge is 0.497 e. The van der Waals surface area contributed by atoms with Crippen molar-refractivity contribution in [1.82, 2.24) is 24.9 Å². The van der Waals surface area contributed by atoms with E-state index in [0.29, 0.717) is 30.9 Å². The van der Waals surface area contributed by atoms with Crippen molar-refractivity contribution in [2.75, 3.05) is 38.6 Å². The minimum Gasteiger partial charge on any atom is -0.497 e. The Morgan fingerprint density at radius 1 is 0.939 bits per heavy atom. The van der Waals surface area contributed by atoms with Gasteiger partial charge in [-0.2, -0.15) is 5.10 Å². The second-order valence-corrected chi connectivity index (χ2v) is 13.1. The first kappa shape index (κ1) is 35.6. The number of methoxy groups -OCH3 is 1. The van der Waals surface area contributed by atoms with E-state index in [1.54, 1.807) is 27.1 Å². The molecule has 1 aromatic heterocycles. The minimum absolute atomic E-state index is 0.0932. The van der Waals surface area contributed by atoms with Crippen molar-refractivity contribution in [1.29, 1.82) is 0 Å². The number of hydrogen-bond acceptors (Lipinski definition) is 7. The average molecular weight is 672 g/mol. The number of nitrogens with one attached hydrogen (secondary N) is 2. The number of primary amides is 1. The number of aryl methyl sites for hydroxylation is 1. The number of piperazine rings is 1. The van der Waals surface area contributed by atoms with E-state index in [0.717, 1.165) is 63.1 Å². The Hall–Kier alpha value is -4.71. The van der Waals surface area contributed by atoms with E-state index in [9.17, 15) is 19.2 Å². The molecule has 4 amide bonds. The number of anilines is 1. The molecule has 0 spiro atoms. The maximum Gasteiger partial charge on any atom is 0.266 e. The molecular formula is C37H49N7O5. The monoisotopic (exact) mass is 671 g/mol. The molecule has 3 aromatic rings. The standard InChI is InChI=1S/C37H49N7O5/c1-4-33(45)40-31(37(48)44-20-18-43(19-21-44)24-26-12-16-29(49-3)17-13-26)22-25-10-14-28(15-11-25)39-36(47)34(27-8-6-5-7-9-27)30-23-32(35(38)46)42(2)41-30/h10-17,23,27,31,34H,4-9,18-22,24H2,1-3H3,(H2,38,46)(H,39,47)(H,40,45)/t31-,34+/m1/s1. The van der Waals surface area contributed by atoms with E-state index in [4.69, 9.17) is 10.5 Å². The molecule has 0 unspecified atom stereocenters. The normalized spacial score (nSPS) is 16.8. The van der Waals surface area contributed by atoms with E-state index >= 15 is 0 Å². The maximum atomic E-state index is 13.8. The second kappa shape index (κ2) is 16.6. The molecule has 1 aliphatic carbocycles. The van der Waals surface area contributed by atoms with E-state index in [1.165, 1.54) is 10.2 Å². The Bertz CT molecular complexity index is 1590. The lowest BCUT2D eigenvalue weighted by Gasteiger charge is -2.36. The molecule has 5 rings (SSSR count). The molecule has 2 aromatic carbocycles. The van der Waals surface area contributed by atoms with E-state index in [1.807, 2.05) is 41.3 Å². The van der Waals surface area contributed by atoms with Gasteiger partial charge in [-0.3, -0.25) is 28.8 Å². The number of amides is 4. The van der Waals surface area contributed by atoms with Crippen molar-refractivity contribution >= 4 is 29.3 Å². The van der Waals surface area contributed by atoms with Gasteiger partial charge in [0.15, 0.2) is 0 Å². The van der Waals surface area contributed by atoms with Gasteiger partial charge < -0.3 is 26.0 Å². The van der Waals surface area contributed by atoms with Crippen LogP contribution in [0.15, 0.2) is 54.6 Å². The fraction of sp³-hybridized carbons (Fsp3) is 0.486. The molecule has 12 heteroatoms. The van der Waals surface area contributed by atoms with E-state index in [-0.39, 0.29) is 35.8 Å². The highest BCUT2D eigenvalue weighted by molar-refractivity contribution is 5.97. The Morgan fingerprint density at radius 3 is 2.18 bits per heavy atom. The van der Waals surface area contributed by atoms with Crippen LogP contribution in [0.4, 0.5) is 5.69 Å². The van der Waals surface area contributed by atoms with Crippen molar-refractivity contribution < 1.29 is 23.9 Å². The zero-order valence-electron chi connectivity index (χ0n) is 28.8. The predicted octanol–water partition coefficient (Wildman–Crippen LogP) is 3.61. The highest BCUT2D eigenvalue weighted by Crippen LogP contribution is 2.37. The molecule has 2 atom stereocenters. The Kier molecular flexibility index (Phi) is 12.1. The molecule has 2 fully saturated rings. The van der Waals surface area contributed by atoms with Crippen LogP contribution in [-0.2, 0) is 34.4 Å². The number of rotatable bonds is 13. The van der Waals surface area contributed by atoms with Crippen LogP contribution in [0.5, 0.6) is 5.75 Å². The third-order valence-electron chi connectivity index (χ3n) is 9.74. The first-order valence-electron chi connectivity index (χ1n) is 17.3. The lowest BCUT2D eigenvalue weighted by atomic mass is 9.78. The summed E-state index contributed by atoms with van der Waals surface area (Å²) in [6.07, 6.45) is 5.68. The van der Waals surface area contributed by atoms with Gasteiger partial charge in [-0.1, -0.05) is 50.5 Å². The Morgan fingerprint density at radius 2 is 1.59 bits per heavy atom. The lowest BCUT2D eigenvalue weighted by Crippen LogP contribution is -2.55. The molecular weight excluding hydrogens is 622 g/mol. The van der Waals surface area contributed by atoms with Crippen LogP contribution in [-0.4, -0.2) is 82.5 Å². The fourth-order valence-electron chi connectivity index (χ4n) is 6.94. The fourth-order valence-corrected chi connectivity index (χ4v) is 6.94. The summed E-state index contributed by atoms with van der Waals surface area (Å²) in [5, 5.41) is 10.5. The smallest absolute Gasteiger partial charge is 0.266 e. The summed E-state index contributed by atoms with van der Waals surface area (Å²) in [6, 6.07) is 16.3. The molecule has 0 radical (unpaired) electrons. The molecule has 0 bridgehead atoms. The summed E-state index contributed by atoms with van der Waals surface area (Å²) in [7, 11) is 3.31. The van der Waals surface area contributed by atoms with Gasteiger partial charge in [0, 0.05) is 58.3 Å². The molecule has 2 heterocycles. The van der Waals surface area contributed by atoms with E-state index in [2.05, 4.69) is 32.8 Å². The lowest BCUT2D eigenvalue weighted by molar-refractivity contribution is -0.138. The number of carbonyl (C=O) groups is 4. The summed E-state index contributed by atoms with van der Waals surface area (Å²) >= 11 is 0. The summed E-state index contributed by atoms with van der Waals surface area (Å²) in [5.41, 5.74) is 9.02. The van der Waals surface area contributed by atoms with Crippen LogP contribution in [0.25, 0.3) is 0 Å². The van der Waals surface area contributed by atoms with Crippen LogP contribution in [0, 0.1) is 5.92 Å². The van der Waals surface area contributed by atoms with Crippen LogP contribution in [0.2, 0.25) is 0 Å². The maximum absolute atomic E-state index is 13.8. The molecule has 1 saturated carbocycles. The third-order valence-corrected chi connectivity index (χ3v) is 9.74. The van der Waals surface area contributed by atoms with Crippen LogP contribution >= 0.6 is 0 Å². The van der Waals surface area contributed by atoms with Gasteiger partial charge >= 0.3 is 0 Å². The number of nitrogens with two attached hydrogens (primary N) is 1. The highest BCUT2D eigenvalue weighted by atomic mass is 16.5. The molecule has 49 heavy (non-hydrogen) atoms. The van der Waals surface area contributed by atoms with Gasteiger partial charge in [0.1, 0.15) is 17.5 Å². The number of nitrogens with zero attached hydrogens (tertiary/aromatic N) is 4. The molecule has 12 nitrogen and oxygen atoms in total. The number of ether oxygens (including phenoxy) is 1. The average Bonchev–Trinajstić information content (AvgIpc) is 3.50. The number of hydrogen-bond donors (Lipinski definition) is 3. The van der Waals surface area contributed by atoms with Crippen molar-refractivity contribution in [3.05, 3.63) is 77.1 Å². The molecule has 1 aliphatic heterocycles. The van der Waals surface area contributed by atoms with Crippen molar-refractivity contribution in [2.24, 2.45) is 18.7 Å². The quantitative estimate of drug-likeness (QED) is 0.251. The summed E-state index contributed by atoms with van der Waals surface area (Å²) in [4.78, 5) is 56.0. The number of carbonyl (C=O) groups excluding carboxylic acids is 4. The first-order valence-corrected chi connectivity index (χ1v) is 17.3. The number of benzene rings is 2. The summed E-state index contributed by atoms with van der Waals surface area (Å²) in [6.45, 7) is 5.21. The Labute approximate surface area is 288 Å².